The largest absolute Gasteiger partial charge is 0.364 e. The first-order chi connectivity index (χ1) is 11.0. The second-order valence-corrected chi connectivity index (χ2v) is 6.56. The van der Waals surface area contributed by atoms with Crippen molar-refractivity contribution in [1.29, 1.82) is 0 Å². The van der Waals surface area contributed by atoms with Gasteiger partial charge in [-0.2, -0.15) is 0 Å². The van der Waals surface area contributed by atoms with Crippen molar-refractivity contribution in [2.45, 2.75) is 103 Å². The van der Waals surface area contributed by atoms with Crippen LogP contribution in [0.4, 0.5) is 0 Å². The number of primary amides is 1. The van der Waals surface area contributed by atoms with Gasteiger partial charge in [-0.15, -0.1) is 0 Å². The average molecular weight is 331 g/mol. The molecule has 0 fully saturated rings. The molecule has 0 saturated carbocycles. The lowest BCUT2D eigenvalue weighted by Crippen LogP contribution is -2.55. The van der Waals surface area contributed by atoms with Gasteiger partial charge in [-0.25, -0.2) is 0 Å². The molecule has 0 spiro atoms. The van der Waals surface area contributed by atoms with E-state index in [1.165, 1.54) is 70.6 Å². The van der Waals surface area contributed by atoms with Gasteiger partial charge in [0.05, 0.1) is 0 Å². The molecule has 5 N–H and O–H groups in total. The number of aliphatic hydroxyl groups is 2. The first kappa shape index (κ1) is 22.4. The van der Waals surface area contributed by atoms with E-state index in [0.29, 0.717) is 6.54 Å². The Kier molecular flexibility index (Phi) is 14.5. The van der Waals surface area contributed by atoms with Gasteiger partial charge >= 0.3 is 5.91 Å². The smallest absolute Gasteiger partial charge is 0.306 e. The quantitative estimate of drug-likeness (QED) is 0.243. The van der Waals surface area contributed by atoms with Crippen LogP contribution in [0.2, 0.25) is 0 Å². The molecule has 0 aromatic heterocycles. The van der Waals surface area contributed by atoms with Crippen molar-refractivity contribution in [2.24, 2.45) is 5.73 Å². The molecule has 0 aliphatic heterocycles. The molecule has 0 heterocycles. The van der Waals surface area contributed by atoms with Crippen LogP contribution >= 0.6 is 0 Å². The Hall–Kier alpha value is -0.650. The molecule has 5 nitrogen and oxygen atoms in total. The Balaban J connectivity index is 3.15. The number of hydrogen-bond donors (Lipinski definition) is 4. The third kappa shape index (κ3) is 14.7. The zero-order valence-corrected chi connectivity index (χ0v) is 15.0. The molecular formula is C18H38N2O3. The monoisotopic (exact) mass is 330 g/mol. The van der Waals surface area contributed by atoms with Crippen LogP contribution in [0, 0.1) is 0 Å². The van der Waals surface area contributed by atoms with E-state index in [1.807, 2.05) is 0 Å². The van der Waals surface area contributed by atoms with Crippen molar-refractivity contribution in [3.8, 4) is 0 Å². The summed E-state index contributed by atoms with van der Waals surface area (Å²) in [5, 5.41) is 20.7. The first-order valence-electron chi connectivity index (χ1n) is 9.50. The second kappa shape index (κ2) is 14.9. The van der Waals surface area contributed by atoms with Crippen LogP contribution < -0.4 is 11.1 Å². The maximum Gasteiger partial charge on any atom is 0.306 e. The zero-order valence-electron chi connectivity index (χ0n) is 15.0. The zero-order chi connectivity index (χ0) is 17.4. The van der Waals surface area contributed by atoms with Gasteiger partial charge in [0.1, 0.15) is 0 Å². The maximum atomic E-state index is 10.7. The highest BCUT2D eigenvalue weighted by molar-refractivity contribution is 5.80. The van der Waals surface area contributed by atoms with Gasteiger partial charge in [0.2, 0.25) is 0 Å². The van der Waals surface area contributed by atoms with Gasteiger partial charge in [-0.3, -0.25) is 10.1 Å². The molecule has 0 unspecified atom stereocenters. The lowest BCUT2D eigenvalue weighted by atomic mass is 10.0. The summed E-state index contributed by atoms with van der Waals surface area (Å²) in [4.78, 5) is 10.7. The van der Waals surface area contributed by atoms with E-state index in [1.54, 1.807) is 0 Å². The Morgan fingerprint density at radius 1 is 0.783 bits per heavy atom. The summed E-state index contributed by atoms with van der Waals surface area (Å²) in [7, 11) is 0. The number of carbonyl (C=O) groups is 1. The van der Waals surface area contributed by atoms with E-state index >= 15 is 0 Å². The molecule has 0 radical (unpaired) electrons. The number of amides is 1. The molecule has 0 aliphatic carbocycles. The molecule has 0 saturated heterocycles. The Morgan fingerprint density at radius 3 is 1.48 bits per heavy atom. The molecule has 23 heavy (non-hydrogen) atoms. The maximum absolute atomic E-state index is 10.7. The van der Waals surface area contributed by atoms with Gasteiger partial charge in [0.25, 0.3) is 5.91 Å². The van der Waals surface area contributed by atoms with Crippen LogP contribution in [0.25, 0.3) is 0 Å². The molecule has 5 heteroatoms. The van der Waals surface area contributed by atoms with Gasteiger partial charge < -0.3 is 15.9 Å². The normalized spacial score (nSPS) is 11.8. The lowest BCUT2D eigenvalue weighted by Gasteiger charge is -2.18. The average Bonchev–Trinajstić information content (AvgIpc) is 2.51. The third-order valence-corrected chi connectivity index (χ3v) is 4.25. The van der Waals surface area contributed by atoms with E-state index in [9.17, 15) is 4.79 Å². The van der Waals surface area contributed by atoms with E-state index < -0.39 is 11.8 Å². The van der Waals surface area contributed by atoms with Gasteiger partial charge in [0, 0.05) is 6.54 Å². The summed E-state index contributed by atoms with van der Waals surface area (Å²) in [5.74, 6) is -3.74. The van der Waals surface area contributed by atoms with Gasteiger partial charge in [-0.1, -0.05) is 90.4 Å². The minimum absolute atomic E-state index is 0.383. The molecule has 0 aromatic rings. The third-order valence-electron chi connectivity index (χ3n) is 4.25. The highest BCUT2D eigenvalue weighted by Gasteiger charge is 2.29. The van der Waals surface area contributed by atoms with Crippen LogP contribution in [-0.4, -0.2) is 28.6 Å². The summed E-state index contributed by atoms with van der Waals surface area (Å²) in [5.41, 5.74) is 4.83. The van der Waals surface area contributed by atoms with Crippen molar-refractivity contribution < 1.29 is 15.0 Å². The number of unbranched alkanes of at least 4 members (excludes halogenated alkanes) is 13. The van der Waals surface area contributed by atoms with Gasteiger partial charge in [-0.05, 0) is 6.42 Å². The molecule has 0 aromatic carbocycles. The Bertz CT molecular complexity index is 283. The first-order valence-corrected chi connectivity index (χ1v) is 9.50. The molecule has 0 bridgehead atoms. The number of rotatable bonds is 17. The van der Waals surface area contributed by atoms with Crippen molar-refractivity contribution in [1.82, 2.24) is 5.32 Å². The standard InChI is InChI=1S/C18H38N2O3/c1-2-3-4-5-6-7-8-9-10-11-12-13-14-15-16-20-18(22,23)17(19)21/h20,22-23H,2-16H2,1H3,(H2,19,21). The van der Waals surface area contributed by atoms with Crippen molar-refractivity contribution in [3.63, 3.8) is 0 Å². The Morgan fingerprint density at radius 2 is 1.13 bits per heavy atom. The van der Waals surface area contributed by atoms with Crippen molar-refractivity contribution in [2.75, 3.05) is 6.54 Å². The highest BCUT2D eigenvalue weighted by atomic mass is 16.5. The van der Waals surface area contributed by atoms with Crippen LogP contribution in [0.5, 0.6) is 0 Å². The number of nitrogens with two attached hydrogens (primary N) is 1. The lowest BCUT2D eigenvalue weighted by molar-refractivity contribution is -0.194. The Labute approximate surface area is 142 Å². The fourth-order valence-corrected chi connectivity index (χ4v) is 2.67. The van der Waals surface area contributed by atoms with E-state index in [-0.39, 0.29) is 0 Å². The fraction of sp³-hybridized carbons (Fsp3) is 0.944. The van der Waals surface area contributed by atoms with Gasteiger partial charge in [0.15, 0.2) is 0 Å². The molecule has 138 valence electrons. The SMILES string of the molecule is CCCCCCCCCCCCCCCCNC(O)(O)C(N)=O. The summed E-state index contributed by atoms with van der Waals surface area (Å²) in [6.07, 6.45) is 17.9. The summed E-state index contributed by atoms with van der Waals surface area (Å²) < 4.78 is 0. The summed E-state index contributed by atoms with van der Waals surface area (Å²) in [6.45, 7) is 2.64. The summed E-state index contributed by atoms with van der Waals surface area (Å²) >= 11 is 0. The predicted molar refractivity (Wildman–Crippen MR) is 94.7 cm³/mol. The van der Waals surface area contributed by atoms with Crippen LogP contribution in [0.15, 0.2) is 0 Å². The molecule has 0 atom stereocenters. The number of nitrogens with one attached hydrogen (secondary N) is 1. The number of hydrogen-bond acceptors (Lipinski definition) is 4. The molecule has 0 rings (SSSR count). The topological polar surface area (TPSA) is 95.6 Å². The minimum Gasteiger partial charge on any atom is -0.364 e. The highest BCUT2D eigenvalue weighted by Crippen LogP contribution is 2.12. The number of carbonyl (C=O) groups excluding carboxylic acids is 1. The predicted octanol–water partition coefficient (Wildman–Crippen LogP) is 3.18. The van der Waals surface area contributed by atoms with E-state index in [4.69, 9.17) is 15.9 Å². The second-order valence-electron chi connectivity index (χ2n) is 6.56. The van der Waals surface area contributed by atoms with Crippen LogP contribution in [0.3, 0.4) is 0 Å². The molecule has 0 aliphatic rings. The summed E-state index contributed by atoms with van der Waals surface area (Å²) in [6, 6.07) is 0. The minimum atomic E-state index is -2.57. The fourth-order valence-electron chi connectivity index (χ4n) is 2.67. The van der Waals surface area contributed by atoms with E-state index in [0.717, 1.165) is 19.3 Å². The van der Waals surface area contributed by atoms with Crippen LogP contribution in [-0.2, 0) is 4.79 Å². The van der Waals surface area contributed by atoms with Crippen LogP contribution in [0.1, 0.15) is 96.8 Å². The molecule has 1 amide bonds. The van der Waals surface area contributed by atoms with Crippen molar-refractivity contribution in [3.05, 3.63) is 0 Å². The molecular weight excluding hydrogens is 292 g/mol. The van der Waals surface area contributed by atoms with E-state index in [2.05, 4.69) is 12.2 Å². The van der Waals surface area contributed by atoms with Crippen molar-refractivity contribution >= 4 is 5.91 Å².